The number of rotatable bonds is 3. The summed E-state index contributed by atoms with van der Waals surface area (Å²) in [7, 11) is 0. The van der Waals surface area contributed by atoms with Crippen LogP contribution in [0.15, 0.2) is 24.3 Å². The summed E-state index contributed by atoms with van der Waals surface area (Å²) in [6.07, 6.45) is 0. The number of carbonyl (C=O) groups is 1. The maximum atomic E-state index is 12.3. The molecule has 1 amide bonds. The Hall–Kier alpha value is -1.92. The fourth-order valence-electron chi connectivity index (χ4n) is 2.14. The van der Waals surface area contributed by atoms with Crippen LogP contribution in [0.1, 0.15) is 26.8 Å². The lowest BCUT2D eigenvalue weighted by atomic mass is 10.2. The highest BCUT2D eigenvalue weighted by Gasteiger charge is 2.18. The van der Waals surface area contributed by atoms with Crippen molar-refractivity contribution in [3.8, 4) is 0 Å². The van der Waals surface area contributed by atoms with Crippen LogP contribution in [0.2, 0.25) is 5.02 Å². The van der Waals surface area contributed by atoms with Crippen molar-refractivity contribution in [2.45, 2.75) is 20.4 Å². The van der Waals surface area contributed by atoms with E-state index in [1.807, 2.05) is 42.5 Å². The highest BCUT2D eigenvalue weighted by atomic mass is 35.5. The first-order valence-corrected chi connectivity index (χ1v) is 7.59. The van der Waals surface area contributed by atoms with E-state index >= 15 is 0 Å². The molecule has 0 unspecified atom stereocenters. The van der Waals surface area contributed by atoms with Gasteiger partial charge in [-0.15, -0.1) is 10.2 Å². The highest BCUT2D eigenvalue weighted by Crippen LogP contribution is 2.22. The molecule has 0 aliphatic carbocycles. The Morgan fingerprint density at radius 1 is 1.29 bits per heavy atom. The molecule has 0 radical (unpaired) electrons. The third kappa shape index (κ3) is 2.64. The van der Waals surface area contributed by atoms with Gasteiger partial charge in [-0.3, -0.25) is 9.20 Å². The lowest BCUT2D eigenvalue weighted by Gasteiger charge is -2.05. The quantitative estimate of drug-likeness (QED) is 0.807. The van der Waals surface area contributed by atoms with E-state index in [0.29, 0.717) is 16.4 Å². The lowest BCUT2D eigenvalue weighted by Crippen LogP contribution is -2.22. The summed E-state index contributed by atoms with van der Waals surface area (Å²) in [5, 5.41) is 11.6. The van der Waals surface area contributed by atoms with E-state index in [-0.39, 0.29) is 5.91 Å². The number of aromatic nitrogens is 3. The van der Waals surface area contributed by atoms with Crippen LogP contribution in [0, 0.1) is 13.8 Å². The Kier molecular flexibility index (Phi) is 3.65. The first-order valence-electron chi connectivity index (χ1n) is 6.40. The molecule has 1 aromatic carbocycles. The molecule has 2 aromatic heterocycles. The molecule has 0 bridgehead atoms. The van der Waals surface area contributed by atoms with Gasteiger partial charge in [-0.1, -0.05) is 35.1 Å². The Morgan fingerprint density at radius 3 is 2.67 bits per heavy atom. The normalized spacial score (nSPS) is 11.0. The first-order chi connectivity index (χ1) is 10.1. The molecule has 0 spiro atoms. The van der Waals surface area contributed by atoms with Crippen molar-refractivity contribution in [2.24, 2.45) is 0 Å². The van der Waals surface area contributed by atoms with Gasteiger partial charge in [0, 0.05) is 17.3 Å². The minimum atomic E-state index is -0.0997. The van der Waals surface area contributed by atoms with E-state index in [1.165, 1.54) is 11.3 Å². The summed E-state index contributed by atoms with van der Waals surface area (Å²) in [6.45, 7) is 4.24. The fraction of sp³-hybridized carbons (Fsp3) is 0.214. The molecule has 3 rings (SSSR count). The smallest absolute Gasteiger partial charge is 0.263 e. The molecule has 108 valence electrons. The number of hydrogen-bond donors (Lipinski definition) is 1. The summed E-state index contributed by atoms with van der Waals surface area (Å²) in [6, 6.07) is 7.40. The fourth-order valence-corrected chi connectivity index (χ4v) is 3.29. The van der Waals surface area contributed by atoms with Crippen LogP contribution in [0.5, 0.6) is 0 Å². The van der Waals surface area contributed by atoms with Crippen LogP contribution in [-0.2, 0) is 6.54 Å². The molecule has 0 saturated carbocycles. The molecule has 0 saturated heterocycles. The van der Waals surface area contributed by atoms with E-state index in [2.05, 4.69) is 15.5 Å². The highest BCUT2D eigenvalue weighted by molar-refractivity contribution is 7.19. The monoisotopic (exact) mass is 320 g/mol. The molecule has 0 aliphatic heterocycles. The van der Waals surface area contributed by atoms with E-state index in [1.54, 1.807) is 0 Å². The third-order valence-electron chi connectivity index (χ3n) is 3.23. The zero-order valence-corrected chi connectivity index (χ0v) is 13.1. The number of aryl methyl sites for hydroxylation is 2. The molecular weight excluding hydrogens is 308 g/mol. The van der Waals surface area contributed by atoms with E-state index in [4.69, 9.17) is 11.6 Å². The molecule has 7 heteroatoms. The number of nitrogens with zero attached hydrogens (tertiary/aromatic N) is 3. The predicted molar refractivity (Wildman–Crippen MR) is 83.0 cm³/mol. The molecule has 21 heavy (non-hydrogen) atoms. The van der Waals surface area contributed by atoms with Gasteiger partial charge in [0.15, 0.2) is 0 Å². The molecule has 0 aliphatic rings. The second-order valence-electron chi connectivity index (χ2n) is 4.69. The van der Waals surface area contributed by atoms with Crippen molar-refractivity contribution in [3.63, 3.8) is 0 Å². The number of fused-ring (bicyclic) bond motifs is 1. The van der Waals surface area contributed by atoms with Gasteiger partial charge in [0.2, 0.25) is 4.96 Å². The van der Waals surface area contributed by atoms with Gasteiger partial charge in [-0.25, -0.2) is 0 Å². The van der Waals surface area contributed by atoms with Crippen LogP contribution < -0.4 is 5.32 Å². The number of benzene rings is 1. The zero-order chi connectivity index (χ0) is 15.0. The Labute approximate surface area is 130 Å². The molecule has 5 nitrogen and oxygen atoms in total. The SMILES string of the molecule is Cc1nnc2sc(C(=O)NCc3ccc(Cl)cc3)c(C)n12. The lowest BCUT2D eigenvalue weighted by molar-refractivity contribution is 0.0954. The van der Waals surface area contributed by atoms with Gasteiger partial charge in [0.25, 0.3) is 5.91 Å². The van der Waals surface area contributed by atoms with Crippen molar-refractivity contribution in [2.75, 3.05) is 0 Å². The van der Waals surface area contributed by atoms with Crippen molar-refractivity contribution in [1.29, 1.82) is 0 Å². The number of thiazole rings is 1. The Morgan fingerprint density at radius 2 is 2.00 bits per heavy atom. The van der Waals surface area contributed by atoms with Crippen LogP contribution >= 0.6 is 22.9 Å². The number of nitrogens with one attached hydrogen (secondary N) is 1. The van der Waals surface area contributed by atoms with Crippen molar-refractivity contribution >= 4 is 33.8 Å². The van der Waals surface area contributed by atoms with Crippen LogP contribution in [0.4, 0.5) is 0 Å². The first kappa shape index (κ1) is 14.0. The largest absolute Gasteiger partial charge is 0.347 e. The summed E-state index contributed by atoms with van der Waals surface area (Å²) in [5.41, 5.74) is 1.87. The van der Waals surface area contributed by atoms with Crippen molar-refractivity contribution in [1.82, 2.24) is 19.9 Å². The third-order valence-corrected chi connectivity index (χ3v) is 4.61. The predicted octanol–water partition coefficient (Wildman–Crippen LogP) is 2.99. The molecular formula is C14H13ClN4OS. The molecule has 0 atom stereocenters. The maximum absolute atomic E-state index is 12.3. The van der Waals surface area contributed by atoms with Gasteiger partial charge >= 0.3 is 0 Å². The number of halogens is 1. The molecule has 0 fully saturated rings. The maximum Gasteiger partial charge on any atom is 0.263 e. The Bertz CT molecular complexity index is 806. The number of carbonyl (C=O) groups excluding carboxylic acids is 1. The zero-order valence-electron chi connectivity index (χ0n) is 11.6. The summed E-state index contributed by atoms with van der Waals surface area (Å²) in [5.74, 6) is 0.688. The van der Waals surface area contributed by atoms with Crippen molar-refractivity contribution in [3.05, 3.63) is 51.2 Å². The van der Waals surface area contributed by atoms with Gasteiger partial charge in [0.1, 0.15) is 10.7 Å². The van der Waals surface area contributed by atoms with Gasteiger partial charge in [0.05, 0.1) is 0 Å². The Balaban J connectivity index is 1.77. The van der Waals surface area contributed by atoms with E-state index in [0.717, 1.165) is 22.0 Å². The summed E-state index contributed by atoms with van der Waals surface area (Å²) >= 11 is 7.18. The summed E-state index contributed by atoms with van der Waals surface area (Å²) < 4.78 is 1.89. The molecule has 2 heterocycles. The van der Waals surface area contributed by atoms with Crippen molar-refractivity contribution < 1.29 is 4.79 Å². The summed E-state index contributed by atoms with van der Waals surface area (Å²) in [4.78, 5) is 13.7. The van der Waals surface area contributed by atoms with Gasteiger partial charge in [-0.2, -0.15) is 0 Å². The van der Waals surface area contributed by atoms with E-state index < -0.39 is 0 Å². The number of amides is 1. The standard InChI is InChI=1S/C14H13ClN4OS/c1-8-12(21-14-18-17-9(2)19(8)14)13(20)16-7-10-3-5-11(15)6-4-10/h3-6H,7H2,1-2H3,(H,16,20). The van der Waals surface area contributed by atoms with E-state index in [9.17, 15) is 4.79 Å². The topological polar surface area (TPSA) is 59.3 Å². The molecule has 1 N–H and O–H groups in total. The minimum absolute atomic E-state index is 0.0997. The minimum Gasteiger partial charge on any atom is -0.347 e. The second-order valence-corrected chi connectivity index (χ2v) is 6.10. The van der Waals surface area contributed by atoms with Crippen LogP contribution in [0.3, 0.4) is 0 Å². The average molecular weight is 321 g/mol. The van der Waals surface area contributed by atoms with Gasteiger partial charge < -0.3 is 5.32 Å². The van der Waals surface area contributed by atoms with Crippen LogP contribution in [-0.4, -0.2) is 20.5 Å². The molecule has 3 aromatic rings. The number of hydrogen-bond acceptors (Lipinski definition) is 4. The second kappa shape index (κ2) is 5.46. The average Bonchev–Trinajstić information content (AvgIpc) is 2.99. The van der Waals surface area contributed by atoms with Crippen LogP contribution in [0.25, 0.3) is 4.96 Å². The van der Waals surface area contributed by atoms with Gasteiger partial charge in [-0.05, 0) is 31.5 Å².